The van der Waals surface area contributed by atoms with Gasteiger partial charge in [0.05, 0.1) is 11.4 Å². The monoisotopic (exact) mass is 291 g/mol. The van der Waals surface area contributed by atoms with Gasteiger partial charge in [-0.05, 0) is 42.3 Å². The molecule has 88 valence electrons. The van der Waals surface area contributed by atoms with Crippen LogP contribution in [0.4, 0.5) is 11.4 Å². The second kappa shape index (κ2) is 5.19. The number of aromatic nitrogens is 1. The standard InChI is InChI=1S/C13H14BrN3/c1-9-4-5-16-7-10(9)8-17-13-3-2-11(14)6-12(13)15/h2-7,17H,8,15H2,1H3. The van der Waals surface area contributed by atoms with Crippen LogP contribution in [-0.4, -0.2) is 4.98 Å². The molecule has 17 heavy (non-hydrogen) atoms. The van der Waals surface area contributed by atoms with Gasteiger partial charge in [-0.25, -0.2) is 0 Å². The van der Waals surface area contributed by atoms with Crippen molar-refractivity contribution in [2.24, 2.45) is 0 Å². The van der Waals surface area contributed by atoms with Gasteiger partial charge >= 0.3 is 0 Å². The van der Waals surface area contributed by atoms with Crippen LogP contribution in [-0.2, 0) is 6.54 Å². The van der Waals surface area contributed by atoms with E-state index in [2.05, 4.69) is 33.2 Å². The Balaban J connectivity index is 2.10. The summed E-state index contributed by atoms with van der Waals surface area (Å²) >= 11 is 3.39. The Morgan fingerprint density at radius 2 is 2.18 bits per heavy atom. The van der Waals surface area contributed by atoms with Gasteiger partial charge in [0.2, 0.25) is 0 Å². The fraction of sp³-hybridized carbons (Fsp3) is 0.154. The summed E-state index contributed by atoms with van der Waals surface area (Å²) in [6.45, 7) is 2.80. The average molecular weight is 292 g/mol. The van der Waals surface area contributed by atoms with Gasteiger partial charge in [-0.2, -0.15) is 0 Å². The highest BCUT2D eigenvalue weighted by atomic mass is 79.9. The molecule has 0 unspecified atom stereocenters. The number of rotatable bonds is 3. The lowest BCUT2D eigenvalue weighted by molar-refractivity contribution is 1.08. The Kier molecular flexibility index (Phi) is 3.64. The molecule has 0 aliphatic rings. The van der Waals surface area contributed by atoms with Crippen LogP contribution >= 0.6 is 15.9 Å². The molecular weight excluding hydrogens is 278 g/mol. The van der Waals surface area contributed by atoms with E-state index < -0.39 is 0 Å². The zero-order chi connectivity index (χ0) is 12.3. The molecule has 0 amide bonds. The topological polar surface area (TPSA) is 50.9 Å². The lowest BCUT2D eigenvalue weighted by Crippen LogP contribution is -2.04. The van der Waals surface area contributed by atoms with Gasteiger partial charge in [0, 0.05) is 23.4 Å². The quantitative estimate of drug-likeness (QED) is 0.853. The van der Waals surface area contributed by atoms with Crippen molar-refractivity contribution in [3.05, 3.63) is 52.3 Å². The molecule has 0 saturated carbocycles. The number of halogens is 1. The van der Waals surface area contributed by atoms with Gasteiger partial charge in [-0.1, -0.05) is 15.9 Å². The fourth-order valence-corrected chi connectivity index (χ4v) is 1.95. The van der Waals surface area contributed by atoms with E-state index in [-0.39, 0.29) is 0 Å². The predicted octanol–water partition coefficient (Wildman–Crippen LogP) is 3.35. The van der Waals surface area contributed by atoms with Crippen molar-refractivity contribution in [1.82, 2.24) is 4.98 Å². The highest BCUT2D eigenvalue weighted by molar-refractivity contribution is 9.10. The van der Waals surface area contributed by atoms with Crippen LogP contribution in [0.1, 0.15) is 11.1 Å². The Labute approximate surface area is 109 Å². The number of anilines is 2. The van der Waals surface area contributed by atoms with Crippen molar-refractivity contribution in [3.8, 4) is 0 Å². The first kappa shape index (κ1) is 11.9. The highest BCUT2D eigenvalue weighted by Crippen LogP contribution is 2.23. The molecule has 3 N–H and O–H groups in total. The van der Waals surface area contributed by atoms with Gasteiger partial charge in [0.15, 0.2) is 0 Å². The molecule has 4 heteroatoms. The summed E-state index contributed by atoms with van der Waals surface area (Å²) in [4.78, 5) is 4.12. The molecule has 3 nitrogen and oxygen atoms in total. The summed E-state index contributed by atoms with van der Waals surface area (Å²) in [5.41, 5.74) is 9.99. The second-order valence-electron chi connectivity index (χ2n) is 3.89. The minimum atomic E-state index is 0.728. The van der Waals surface area contributed by atoms with E-state index in [1.165, 1.54) is 11.1 Å². The zero-order valence-electron chi connectivity index (χ0n) is 9.57. The molecule has 0 atom stereocenters. The van der Waals surface area contributed by atoms with Gasteiger partial charge in [-0.3, -0.25) is 4.98 Å². The van der Waals surface area contributed by atoms with E-state index in [4.69, 9.17) is 5.73 Å². The summed E-state index contributed by atoms with van der Waals surface area (Å²) in [5.74, 6) is 0. The largest absolute Gasteiger partial charge is 0.397 e. The molecule has 1 aromatic carbocycles. The summed E-state index contributed by atoms with van der Waals surface area (Å²) in [5, 5.41) is 3.31. The molecule has 0 radical (unpaired) electrons. The minimum absolute atomic E-state index is 0.728. The number of nitrogens with zero attached hydrogens (tertiary/aromatic N) is 1. The molecule has 1 aromatic heterocycles. The third-order valence-electron chi connectivity index (χ3n) is 2.63. The van der Waals surface area contributed by atoms with E-state index in [1.807, 2.05) is 30.5 Å². The van der Waals surface area contributed by atoms with E-state index in [0.717, 1.165) is 22.4 Å². The number of hydrogen-bond acceptors (Lipinski definition) is 3. The van der Waals surface area contributed by atoms with Gasteiger partial charge in [0.1, 0.15) is 0 Å². The van der Waals surface area contributed by atoms with Crippen LogP contribution in [0.2, 0.25) is 0 Å². The molecule has 0 saturated heterocycles. The van der Waals surface area contributed by atoms with Crippen LogP contribution in [0.15, 0.2) is 41.1 Å². The number of aryl methyl sites for hydroxylation is 1. The minimum Gasteiger partial charge on any atom is -0.397 e. The van der Waals surface area contributed by atoms with Crippen LogP contribution < -0.4 is 11.1 Å². The van der Waals surface area contributed by atoms with Gasteiger partial charge in [-0.15, -0.1) is 0 Å². The maximum Gasteiger partial charge on any atom is 0.0577 e. The first-order valence-corrected chi connectivity index (χ1v) is 6.14. The fourth-order valence-electron chi connectivity index (χ4n) is 1.57. The van der Waals surface area contributed by atoms with Crippen molar-refractivity contribution in [3.63, 3.8) is 0 Å². The van der Waals surface area contributed by atoms with Gasteiger partial charge < -0.3 is 11.1 Å². The molecule has 2 rings (SSSR count). The average Bonchev–Trinajstić information content (AvgIpc) is 2.30. The summed E-state index contributed by atoms with van der Waals surface area (Å²) in [7, 11) is 0. The van der Waals surface area contributed by atoms with Crippen molar-refractivity contribution in [2.45, 2.75) is 13.5 Å². The summed E-state index contributed by atoms with van der Waals surface area (Å²) in [6.07, 6.45) is 3.67. The van der Waals surface area contributed by atoms with Crippen molar-refractivity contribution in [2.75, 3.05) is 11.1 Å². The summed E-state index contributed by atoms with van der Waals surface area (Å²) < 4.78 is 0.984. The SMILES string of the molecule is Cc1ccncc1CNc1ccc(Br)cc1N. The molecule has 1 heterocycles. The number of nitrogens with two attached hydrogens (primary N) is 1. The third-order valence-corrected chi connectivity index (χ3v) is 3.12. The van der Waals surface area contributed by atoms with Gasteiger partial charge in [0.25, 0.3) is 0 Å². The van der Waals surface area contributed by atoms with E-state index in [1.54, 1.807) is 6.20 Å². The molecule has 0 fully saturated rings. The third kappa shape index (κ3) is 2.97. The predicted molar refractivity (Wildman–Crippen MR) is 74.9 cm³/mol. The number of pyridine rings is 1. The number of hydrogen-bond donors (Lipinski definition) is 2. The number of nitrogen functional groups attached to an aromatic ring is 1. The number of benzene rings is 1. The van der Waals surface area contributed by atoms with Crippen molar-refractivity contribution in [1.29, 1.82) is 0 Å². The van der Waals surface area contributed by atoms with Crippen LogP contribution in [0.5, 0.6) is 0 Å². The number of nitrogens with one attached hydrogen (secondary N) is 1. The molecule has 0 aliphatic heterocycles. The van der Waals surface area contributed by atoms with Crippen LogP contribution in [0.25, 0.3) is 0 Å². The first-order valence-electron chi connectivity index (χ1n) is 5.35. The maximum absolute atomic E-state index is 5.92. The Morgan fingerprint density at radius 1 is 1.35 bits per heavy atom. The van der Waals surface area contributed by atoms with Crippen molar-refractivity contribution >= 4 is 27.3 Å². The van der Waals surface area contributed by atoms with E-state index >= 15 is 0 Å². The van der Waals surface area contributed by atoms with Crippen molar-refractivity contribution < 1.29 is 0 Å². The normalized spacial score (nSPS) is 10.2. The Morgan fingerprint density at radius 3 is 2.88 bits per heavy atom. The molecular formula is C13H14BrN3. The lowest BCUT2D eigenvalue weighted by atomic mass is 10.1. The van der Waals surface area contributed by atoms with E-state index in [9.17, 15) is 0 Å². The Bertz CT molecular complexity index is 526. The van der Waals surface area contributed by atoms with E-state index in [0.29, 0.717) is 0 Å². The highest BCUT2D eigenvalue weighted by Gasteiger charge is 2.01. The first-order chi connectivity index (χ1) is 8.16. The lowest BCUT2D eigenvalue weighted by Gasteiger charge is -2.10. The van der Waals surface area contributed by atoms with Crippen LogP contribution in [0, 0.1) is 6.92 Å². The van der Waals surface area contributed by atoms with Crippen LogP contribution in [0.3, 0.4) is 0 Å². The Hall–Kier alpha value is -1.55. The molecule has 0 spiro atoms. The maximum atomic E-state index is 5.92. The molecule has 0 aliphatic carbocycles. The smallest absolute Gasteiger partial charge is 0.0577 e. The second-order valence-corrected chi connectivity index (χ2v) is 4.80. The molecule has 2 aromatic rings. The summed E-state index contributed by atoms with van der Waals surface area (Å²) in [6, 6.07) is 7.82. The zero-order valence-corrected chi connectivity index (χ0v) is 11.2. The molecule has 0 bridgehead atoms.